The first-order valence-electron chi connectivity index (χ1n) is 6.38. The van der Waals surface area contributed by atoms with E-state index in [0.717, 1.165) is 5.69 Å². The normalized spacial score (nSPS) is 9.95. The molecular weight excluding hydrogens is 284 g/mol. The third kappa shape index (κ3) is 4.96. The van der Waals surface area contributed by atoms with E-state index in [2.05, 4.69) is 0 Å². The molecule has 0 atom stereocenters. The minimum absolute atomic E-state index is 0. The standard InChI is InChI=1S/C13H20N2O4.ClH/c1-2-14(7-9-17)12-6-5-11(4-3-8-16)13(10-12)15(18)19;/h5-6,10,16-17H,2-4,7-9H2,1H3;1H. The van der Waals surface area contributed by atoms with Gasteiger partial charge in [0.15, 0.2) is 0 Å². The molecule has 1 aromatic carbocycles. The van der Waals surface area contributed by atoms with E-state index in [-0.39, 0.29) is 31.3 Å². The summed E-state index contributed by atoms with van der Waals surface area (Å²) < 4.78 is 0. The van der Waals surface area contributed by atoms with Crippen molar-refractivity contribution in [2.45, 2.75) is 19.8 Å². The number of aliphatic hydroxyl groups excluding tert-OH is 2. The van der Waals surface area contributed by atoms with Gasteiger partial charge in [0.05, 0.1) is 11.5 Å². The lowest BCUT2D eigenvalue weighted by Gasteiger charge is -2.22. The van der Waals surface area contributed by atoms with Gasteiger partial charge in [-0.1, -0.05) is 6.07 Å². The molecule has 0 aliphatic heterocycles. The van der Waals surface area contributed by atoms with Gasteiger partial charge < -0.3 is 15.1 Å². The largest absolute Gasteiger partial charge is 0.396 e. The summed E-state index contributed by atoms with van der Waals surface area (Å²) >= 11 is 0. The Hall–Kier alpha value is -1.37. The molecule has 0 radical (unpaired) electrons. The number of nitrogens with zero attached hydrogens (tertiary/aromatic N) is 2. The molecule has 1 aromatic rings. The Morgan fingerprint density at radius 2 is 2.00 bits per heavy atom. The van der Waals surface area contributed by atoms with Gasteiger partial charge in [0.1, 0.15) is 0 Å². The van der Waals surface area contributed by atoms with Gasteiger partial charge >= 0.3 is 0 Å². The number of anilines is 1. The van der Waals surface area contributed by atoms with Gasteiger partial charge in [-0.15, -0.1) is 12.4 Å². The van der Waals surface area contributed by atoms with Crippen molar-refractivity contribution in [2.75, 3.05) is 31.2 Å². The van der Waals surface area contributed by atoms with Crippen LogP contribution in [0.1, 0.15) is 18.9 Å². The fraction of sp³-hybridized carbons (Fsp3) is 0.538. The summed E-state index contributed by atoms with van der Waals surface area (Å²) in [5, 5.41) is 28.9. The number of halogens is 1. The molecule has 7 heteroatoms. The van der Waals surface area contributed by atoms with E-state index >= 15 is 0 Å². The van der Waals surface area contributed by atoms with Crippen molar-refractivity contribution in [3.05, 3.63) is 33.9 Å². The molecule has 0 fully saturated rings. The van der Waals surface area contributed by atoms with E-state index in [1.54, 1.807) is 6.07 Å². The maximum atomic E-state index is 11.1. The van der Waals surface area contributed by atoms with Crippen LogP contribution in [0.4, 0.5) is 11.4 Å². The van der Waals surface area contributed by atoms with Crippen LogP contribution in [-0.2, 0) is 6.42 Å². The number of aryl methyl sites for hydroxylation is 1. The maximum absolute atomic E-state index is 11.1. The van der Waals surface area contributed by atoms with Gasteiger partial charge in [0, 0.05) is 37.0 Å². The van der Waals surface area contributed by atoms with Crippen LogP contribution in [0.5, 0.6) is 0 Å². The van der Waals surface area contributed by atoms with Crippen molar-refractivity contribution in [3.8, 4) is 0 Å². The minimum Gasteiger partial charge on any atom is -0.396 e. The molecule has 0 spiro atoms. The van der Waals surface area contributed by atoms with Gasteiger partial charge in [-0.25, -0.2) is 0 Å². The lowest BCUT2D eigenvalue weighted by atomic mass is 10.1. The monoisotopic (exact) mass is 304 g/mol. The zero-order valence-electron chi connectivity index (χ0n) is 11.5. The Morgan fingerprint density at radius 3 is 2.50 bits per heavy atom. The van der Waals surface area contributed by atoms with Crippen molar-refractivity contribution in [2.24, 2.45) is 0 Å². The second kappa shape index (κ2) is 9.52. The zero-order valence-corrected chi connectivity index (χ0v) is 12.3. The number of likely N-dealkylation sites (N-methyl/N-ethyl adjacent to an activating group) is 1. The maximum Gasteiger partial charge on any atom is 0.274 e. The first kappa shape index (κ1) is 18.6. The Labute approximate surface area is 124 Å². The quantitative estimate of drug-likeness (QED) is 0.564. The van der Waals surface area contributed by atoms with Gasteiger partial charge in [0.2, 0.25) is 0 Å². The van der Waals surface area contributed by atoms with E-state index in [0.29, 0.717) is 31.5 Å². The molecule has 0 heterocycles. The summed E-state index contributed by atoms with van der Waals surface area (Å²) in [5.74, 6) is 0. The SMILES string of the molecule is CCN(CCO)c1ccc(CCCO)c([N+](=O)[O-])c1.Cl. The molecule has 0 saturated carbocycles. The molecule has 0 unspecified atom stereocenters. The smallest absolute Gasteiger partial charge is 0.274 e. The number of benzene rings is 1. The fourth-order valence-corrected chi connectivity index (χ4v) is 1.99. The number of hydrogen-bond acceptors (Lipinski definition) is 5. The summed E-state index contributed by atoms with van der Waals surface area (Å²) in [5.41, 5.74) is 1.43. The summed E-state index contributed by atoms with van der Waals surface area (Å²) in [6.07, 6.45) is 0.994. The summed E-state index contributed by atoms with van der Waals surface area (Å²) in [7, 11) is 0. The fourth-order valence-electron chi connectivity index (χ4n) is 1.99. The van der Waals surface area contributed by atoms with E-state index < -0.39 is 4.92 Å². The van der Waals surface area contributed by atoms with Crippen molar-refractivity contribution in [1.29, 1.82) is 0 Å². The highest BCUT2D eigenvalue weighted by Crippen LogP contribution is 2.26. The molecule has 0 aliphatic carbocycles. The predicted molar refractivity (Wildman–Crippen MR) is 80.7 cm³/mol. The van der Waals surface area contributed by atoms with Crippen molar-refractivity contribution < 1.29 is 15.1 Å². The van der Waals surface area contributed by atoms with Crippen LogP contribution in [0.3, 0.4) is 0 Å². The van der Waals surface area contributed by atoms with Gasteiger partial charge in [-0.05, 0) is 25.8 Å². The molecule has 0 saturated heterocycles. The van der Waals surface area contributed by atoms with Gasteiger partial charge in [-0.3, -0.25) is 10.1 Å². The van der Waals surface area contributed by atoms with Crippen molar-refractivity contribution in [1.82, 2.24) is 0 Å². The summed E-state index contributed by atoms with van der Waals surface area (Å²) in [6.45, 7) is 3.08. The molecule has 6 nitrogen and oxygen atoms in total. The van der Waals surface area contributed by atoms with Crippen LogP contribution in [0, 0.1) is 10.1 Å². The first-order valence-corrected chi connectivity index (χ1v) is 6.38. The average molecular weight is 305 g/mol. The molecule has 114 valence electrons. The number of rotatable bonds is 8. The number of aliphatic hydroxyl groups is 2. The van der Waals surface area contributed by atoms with Crippen molar-refractivity contribution in [3.63, 3.8) is 0 Å². The Balaban J connectivity index is 0.00000361. The van der Waals surface area contributed by atoms with Crippen molar-refractivity contribution >= 4 is 23.8 Å². The Morgan fingerprint density at radius 1 is 1.30 bits per heavy atom. The number of nitro benzene ring substituents is 1. The van der Waals surface area contributed by atoms with Crippen LogP contribution >= 0.6 is 12.4 Å². The zero-order chi connectivity index (χ0) is 14.3. The van der Waals surface area contributed by atoms with E-state index in [1.165, 1.54) is 6.07 Å². The third-order valence-corrected chi connectivity index (χ3v) is 2.99. The third-order valence-electron chi connectivity index (χ3n) is 2.99. The number of nitro groups is 1. The highest BCUT2D eigenvalue weighted by Gasteiger charge is 2.16. The van der Waals surface area contributed by atoms with Crippen LogP contribution in [0.25, 0.3) is 0 Å². The summed E-state index contributed by atoms with van der Waals surface area (Å²) in [4.78, 5) is 12.6. The average Bonchev–Trinajstić information content (AvgIpc) is 2.42. The van der Waals surface area contributed by atoms with Crippen LogP contribution < -0.4 is 4.90 Å². The molecule has 0 aliphatic rings. The minimum atomic E-state index is -0.400. The van der Waals surface area contributed by atoms with Gasteiger partial charge in [0.25, 0.3) is 5.69 Å². The van der Waals surface area contributed by atoms with Crippen LogP contribution in [-0.4, -0.2) is 41.4 Å². The molecule has 1 rings (SSSR count). The van der Waals surface area contributed by atoms with E-state index in [9.17, 15) is 10.1 Å². The molecule has 0 aromatic heterocycles. The van der Waals surface area contributed by atoms with Gasteiger partial charge in [-0.2, -0.15) is 0 Å². The Kier molecular flexibility index (Phi) is 8.87. The predicted octanol–water partition coefficient (Wildman–Crippen LogP) is 1.76. The lowest BCUT2D eigenvalue weighted by molar-refractivity contribution is -0.385. The molecule has 0 bridgehead atoms. The summed E-state index contributed by atoms with van der Waals surface area (Å²) in [6, 6.07) is 5.08. The first-order chi connectivity index (χ1) is 9.13. The topological polar surface area (TPSA) is 86.8 Å². The van der Waals surface area contributed by atoms with E-state index in [4.69, 9.17) is 10.2 Å². The Bertz CT molecular complexity index is 429. The molecule has 2 N–H and O–H groups in total. The molecular formula is C13H21ClN2O4. The molecule has 0 amide bonds. The van der Waals surface area contributed by atoms with Crippen LogP contribution in [0.2, 0.25) is 0 Å². The highest BCUT2D eigenvalue weighted by molar-refractivity contribution is 5.85. The number of hydrogen-bond donors (Lipinski definition) is 2. The van der Waals surface area contributed by atoms with Crippen LogP contribution in [0.15, 0.2) is 18.2 Å². The highest BCUT2D eigenvalue weighted by atomic mass is 35.5. The molecule has 20 heavy (non-hydrogen) atoms. The second-order valence-electron chi connectivity index (χ2n) is 4.20. The second-order valence-corrected chi connectivity index (χ2v) is 4.20. The lowest BCUT2D eigenvalue weighted by Crippen LogP contribution is -2.26. The van der Waals surface area contributed by atoms with E-state index in [1.807, 2.05) is 17.9 Å².